The number of hydrogen-bond acceptors (Lipinski definition) is 3. The van der Waals surface area contributed by atoms with Gasteiger partial charge < -0.3 is 9.47 Å². The SMILES string of the molecule is CCCc1cc(CCC)c(OCCCC(C)C)c(C(=O)OCC)c1. The summed E-state index contributed by atoms with van der Waals surface area (Å²) in [6.07, 6.45) is 6.11. The van der Waals surface area contributed by atoms with Crippen molar-refractivity contribution in [1.29, 1.82) is 0 Å². The van der Waals surface area contributed by atoms with Crippen LogP contribution in [0.2, 0.25) is 0 Å². The van der Waals surface area contributed by atoms with Crippen molar-refractivity contribution in [3.63, 3.8) is 0 Å². The minimum absolute atomic E-state index is 0.272. The van der Waals surface area contributed by atoms with Crippen molar-refractivity contribution < 1.29 is 14.3 Å². The van der Waals surface area contributed by atoms with Gasteiger partial charge in [0.1, 0.15) is 11.3 Å². The molecule has 3 heteroatoms. The van der Waals surface area contributed by atoms with Gasteiger partial charge in [0.15, 0.2) is 0 Å². The van der Waals surface area contributed by atoms with Crippen LogP contribution in [0.1, 0.15) is 81.8 Å². The highest BCUT2D eigenvalue weighted by Gasteiger charge is 2.19. The Labute approximate surface area is 147 Å². The molecule has 0 atom stereocenters. The van der Waals surface area contributed by atoms with Gasteiger partial charge in [0.05, 0.1) is 13.2 Å². The van der Waals surface area contributed by atoms with Gasteiger partial charge in [-0.3, -0.25) is 0 Å². The number of ether oxygens (including phenoxy) is 2. The normalized spacial score (nSPS) is 10.9. The first-order valence-corrected chi connectivity index (χ1v) is 9.49. The third-order valence-corrected chi connectivity index (χ3v) is 3.95. The molecule has 0 amide bonds. The highest BCUT2D eigenvalue weighted by atomic mass is 16.5. The number of carbonyl (C=O) groups is 1. The lowest BCUT2D eigenvalue weighted by molar-refractivity contribution is 0.0521. The zero-order valence-corrected chi connectivity index (χ0v) is 16.1. The fraction of sp³-hybridized carbons (Fsp3) is 0.667. The molecule has 3 nitrogen and oxygen atoms in total. The maximum atomic E-state index is 12.4. The Bertz CT molecular complexity index is 506. The quantitative estimate of drug-likeness (QED) is 0.391. The van der Waals surface area contributed by atoms with Gasteiger partial charge >= 0.3 is 5.97 Å². The van der Waals surface area contributed by atoms with Crippen LogP contribution in [-0.2, 0) is 17.6 Å². The van der Waals surface area contributed by atoms with Gasteiger partial charge in [-0.15, -0.1) is 0 Å². The van der Waals surface area contributed by atoms with Crippen molar-refractivity contribution in [2.75, 3.05) is 13.2 Å². The molecule has 1 rings (SSSR count). The molecule has 0 heterocycles. The number of rotatable bonds is 11. The molecule has 136 valence electrons. The molecule has 0 N–H and O–H groups in total. The first kappa shape index (κ1) is 20.5. The molecule has 1 aromatic carbocycles. The van der Waals surface area contributed by atoms with E-state index in [2.05, 4.69) is 33.8 Å². The molecular formula is C21H34O3. The topological polar surface area (TPSA) is 35.5 Å². The van der Waals surface area contributed by atoms with Gasteiger partial charge in [-0.2, -0.15) is 0 Å². The average molecular weight is 335 g/mol. The highest BCUT2D eigenvalue weighted by Crippen LogP contribution is 2.29. The molecule has 0 aliphatic carbocycles. The lowest BCUT2D eigenvalue weighted by Gasteiger charge is -2.17. The lowest BCUT2D eigenvalue weighted by atomic mass is 9.98. The minimum atomic E-state index is -0.272. The highest BCUT2D eigenvalue weighted by molar-refractivity contribution is 5.93. The van der Waals surface area contributed by atoms with Crippen LogP contribution in [0.15, 0.2) is 12.1 Å². The van der Waals surface area contributed by atoms with Crippen LogP contribution in [0.4, 0.5) is 0 Å². The molecule has 0 spiro atoms. The molecule has 1 aromatic rings. The van der Waals surface area contributed by atoms with Crippen LogP contribution < -0.4 is 4.74 Å². The Morgan fingerprint density at radius 2 is 1.79 bits per heavy atom. The Kier molecular flexibility index (Phi) is 9.51. The van der Waals surface area contributed by atoms with Gasteiger partial charge in [-0.05, 0) is 55.7 Å². The van der Waals surface area contributed by atoms with Crippen molar-refractivity contribution in [1.82, 2.24) is 0 Å². The standard InChI is InChI=1S/C21H34O3/c1-6-10-17-14-18(11-7-2)20(24-13-9-12-16(4)5)19(15-17)21(22)23-8-3/h14-16H,6-13H2,1-5H3. The van der Waals surface area contributed by atoms with Crippen LogP contribution in [-0.4, -0.2) is 19.2 Å². The average Bonchev–Trinajstić information content (AvgIpc) is 2.53. The van der Waals surface area contributed by atoms with Gasteiger partial charge in [0.25, 0.3) is 0 Å². The van der Waals surface area contributed by atoms with Gasteiger partial charge in [0.2, 0.25) is 0 Å². The summed E-state index contributed by atoms with van der Waals surface area (Å²) < 4.78 is 11.3. The zero-order chi connectivity index (χ0) is 17.9. The Balaban J connectivity index is 3.10. The van der Waals surface area contributed by atoms with E-state index in [0.717, 1.165) is 49.8 Å². The van der Waals surface area contributed by atoms with Crippen LogP contribution in [0, 0.1) is 5.92 Å². The summed E-state index contributed by atoms with van der Waals surface area (Å²) in [6, 6.07) is 4.16. The van der Waals surface area contributed by atoms with E-state index in [1.165, 1.54) is 5.56 Å². The Hall–Kier alpha value is -1.51. The van der Waals surface area contributed by atoms with Gasteiger partial charge in [0, 0.05) is 0 Å². The predicted octanol–water partition coefficient (Wildman–Crippen LogP) is 5.58. The third kappa shape index (κ3) is 6.54. The Morgan fingerprint density at radius 3 is 2.38 bits per heavy atom. The fourth-order valence-corrected chi connectivity index (χ4v) is 2.84. The van der Waals surface area contributed by atoms with E-state index in [1.54, 1.807) is 0 Å². The van der Waals surface area contributed by atoms with Crippen molar-refractivity contribution in [2.45, 2.75) is 73.1 Å². The van der Waals surface area contributed by atoms with Gasteiger partial charge in [-0.25, -0.2) is 4.79 Å². The van der Waals surface area contributed by atoms with Crippen LogP contribution in [0.5, 0.6) is 5.75 Å². The van der Waals surface area contributed by atoms with Crippen LogP contribution in [0.25, 0.3) is 0 Å². The molecule has 0 aromatic heterocycles. The second kappa shape index (κ2) is 11.1. The number of benzene rings is 1. The lowest BCUT2D eigenvalue weighted by Crippen LogP contribution is -2.12. The molecule has 24 heavy (non-hydrogen) atoms. The van der Waals surface area contributed by atoms with E-state index in [9.17, 15) is 4.79 Å². The van der Waals surface area contributed by atoms with Crippen molar-refractivity contribution in [3.8, 4) is 5.75 Å². The summed E-state index contributed by atoms with van der Waals surface area (Å²) in [5, 5.41) is 0. The second-order valence-electron chi connectivity index (χ2n) is 6.74. The van der Waals surface area contributed by atoms with E-state index in [1.807, 2.05) is 13.0 Å². The minimum Gasteiger partial charge on any atom is -0.492 e. The van der Waals surface area contributed by atoms with Crippen molar-refractivity contribution in [3.05, 3.63) is 28.8 Å². The summed E-state index contributed by atoms with van der Waals surface area (Å²) in [5.74, 6) is 1.13. The summed E-state index contributed by atoms with van der Waals surface area (Å²) in [5.41, 5.74) is 2.92. The second-order valence-corrected chi connectivity index (χ2v) is 6.74. The van der Waals surface area contributed by atoms with Crippen molar-refractivity contribution >= 4 is 5.97 Å². The molecule has 0 fully saturated rings. The van der Waals surface area contributed by atoms with E-state index < -0.39 is 0 Å². The maximum Gasteiger partial charge on any atom is 0.341 e. The van der Waals surface area contributed by atoms with Crippen molar-refractivity contribution in [2.24, 2.45) is 5.92 Å². The number of carbonyl (C=O) groups excluding carboxylic acids is 1. The van der Waals surface area contributed by atoms with Crippen LogP contribution in [0.3, 0.4) is 0 Å². The number of hydrogen-bond donors (Lipinski definition) is 0. The van der Waals surface area contributed by atoms with Gasteiger partial charge in [-0.1, -0.05) is 46.6 Å². The molecule has 0 radical (unpaired) electrons. The summed E-state index contributed by atoms with van der Waals surface area (Å²) in [7, 11) is 0. The van der Waals surface area contributed by atoms with E-state index in [-0.39, 0.29) is 5.97 Å². The molecule has 0 saturated carbocycles. The molecule has 0 saturated heterocycles. The summed E-state index contributed by atoms with van der Waals surface area (Å²) in [6.45, 7) is 11.6. The largest absolute Gasteiger partial charge is 0.492 e. The maximum absolute atomic E-state index is 12.4. The molecule has 0 aliphatic rings. The molecular weight excluding hydrogens is 300 g/mol. The number of esters is 1. The predicted molar refractivity (Wildman–Crippen MR) is 100.0 cm³/mol. The van der Waals surface area contributed by atoms with Crippen LogP contribution >= 0.6 is 0 Å². The smallest absolute Gasteiger partial charge is 0.341 e. The third-order valence-electron chi connectivity index (χ3n) is 3.95. The monoisotopic (exact) mass is 334 g/mol. The van der Waals surface area contributed by atoms with E-state index >= 15 is 0 Å². The van der Waals surface area contributed by atoms with E-state index in [4.69, 9.17) is 9.47 Å². The zero-order valence-electron chi connectivity index (χ0n) is 16.1. The first-order valence-electron chi connectivity index (χ1n) is 9.49. The summed E-state index contributed by atoms with van der Waals surface area (Å²) in [4.78, 5) is 12.4. The molecule has 0 unspecified atom stereocenters. The first-order chi connectivity index (χ1) is 11.5. The fourth-order valence-electron chi connectivity index (χ4n) is 2.84. The number of aryl methyl sites for hydroxylation is 2. The molecule has 0 bridgehead atoms. The Morgan fingerprint density at radius 1 is 1.08 bits per heavy atom. The molecule has 0 aliphatic heterocycles. The summed E-state index contributed by atoms with van der Waals surface area (Å²) >= 11 is 0. The van der Waals surface area contributed by atoms with E-state index in [0.29, 0.717) is 24.7 Å².